The topological polar surface area (TPSA) is 46.5 Å². The monoisotopic (exact) mass is 154 g/mol. The summed E-state index contributed by atoms with van der Waals surface area (Å²) in [6, 6.07) is 0. The second kappa shape index (κ2) is 2.34. The Balaban J connectivity index is 2.18. The van der Waals surface area contributed by atoms with Crippen molar-refractivity contribution in [3.8, 4) is 0 Å². The van der Waals surface area contributed by atoms with Gasteiger partial charge in [0.15, 0.2) is 0 Å². The molecule has 3 heteroatoms. The van der Waals surface area contributed by atoms with Crippen LogP contribution in [0.3, 0.4) is 0 Å². The summed E-state index contributed by atoms with van der Waals surface area (Å²) < 4.78 is 4.94. The second-order valence-electron chi connectivity index (χ2n) is 3.01. The van der Waals surface area contributed by atoms with E-state index in [1.54, 1.807) is 0 Å². The first-order valence-electron chi connectivity index (χ1n) is 3.81. The van der Waals surface area contributed by atoms with Gasteiger partial charge in [0, 0.05) is 5.92 Å². The molecule has 0 saturated carbocycles. The predicted octanol–water partition coefficient (Wildman–Crippen LogP) is 0.0964. The molecule has 0 bridgehead atoms. The van der Waals surface area contributed by atoms with Gasteiger partial charge in [-0.2, -0.15) is 0 Å². The van der Waals surface area contributed by atoms with E-state index in [-0.39, 0.29) is 30.5 Å². The van der Waals surface area contributed by atoms with Gasteiger partial charge in [-0.05, 0) is 6.42 Å². The van der Waals surface area contributed by atoms with Crippen molar-refractivity contribution in [3.05, 3.63) is 12.2 Å². The van der Waals surface area contributed by atoms with E-state index >= 15 is 0 Å². The Labute approximate surface area is 64.7 Å². The van der Waals surface area contributed by atoms with Crippen LogP contribution in [0, 0.1) is 11.8 Å². The number of fused-ring (bicyclic) bond motifs is 1. The van der Waals surface area contributed by atoms with Crippen molar-refractivity contribution in [2.24, 2.45) is 11.8 Å². The van der Waals surface area contributed by atoms with Gasteiger partial charge in [0.2, 0.25) is 0 Å². The number of cyclic esters (lactones) is 1. The molecule has 11 heavy (non-hydrogen) atoms. The van der Waals surface area contributed by atoms with Gasteiger partial charge in [-0.25, -0.2) is 0 Å². The summed E-state index contributed by atoms with van der Waals surface area (Å²) in [4.78, 5) is 11.1. The number of esters is 1. The average molecular weight is 154 g/mol. The smallest absolute Gasteiger partial charge is 0.310 e. The van der Waals surface area contributed by atoms with Crippen molar-refractivity contribution in [2.45, 2.75) is 12.5 Å². The Bertz CT molecular complexity index is 209. The fourth-order valence-corrected chi connectivity index (χ4v) is 1.78. The first-order valence-corrected chi connectivity index (χ1v) is 3.81. The van der Waals surface area contributed by atoms with Gasteiger partial charge < -0.3 is 9.84 Å². The van der Waals surface area contributed by atoms with Crippen molar-refractivity contribution in [1.29, 1.82) is 0 Å². The van der Waals surface area contributed by atoms with Gasteiger partial charge in [-0.1, -0.05) is 12.2 Å². The molecule has 3 atom stereocenters. The maximum absolute atomic E-state index is 11.1. The molecule has 0 spiro atoms. The summed E-state index contributed by atoms with van der Waals surface area (Å²) in [7, 11) is 0. The van der Waals surface area contributed by atoms with Crippen molar-refractivity contribution < 1.29 is 14.6 Å². The number of hydrogen-bond donors (Lipinski definition) is 1. The Morgan fingerprint density at radius 2 is 2.55 bits per heavy atom. The molecule has 2 rings (SSSR count). The third-order valence-electron chi connectivity index (χ3n) is 2.39. The van der Waals surface area contributed by atoms with Crippen LogP contribution in [0.5, 0.6) is 0 Å². The van der Waals surface area contributed by atoms with Crippen LogP contribution < -0.4 is 0 Å². The van der Waals surface area contributed by atoms with Gasteiger partial charge in [0.05, 0.1) is 12.5 Å². The number of aliphatic hydroxyl groups is 1. The van der Waals surface area contributed by atoms with Crippen molar-refractivity contribution in [2.75, 3.05) is 6.61 Å². The molecular weight excluding hydrogens is 144 g/mol. The number of aliphatic hydroxyl groups excluding tert-OH is 1. The van der Waals surface area contributed by atoms with E-state index in [1.807, 2.05) is 12.2 Å². The number of carbonyl (C=O) groups excluding carboxylic acids is 1. The zero-order valence-electron chi connectivity index (χ0n) is 6.06. The highest BCUT2D eigenvalue weighted by Gasteiger charge is 2.44. The van der Waals surface area contributed by atoms with Crippen molar-refractivity contribution in [1.82, 2.24) is 0 Å². The number of ether oxygens (including phenoxy) is 1. The molecule has 3 unspecified atom stereocenters. The zero-order valence-corrected chi connectivity index (χ0v) is 6.06. The summed E-state index contributed by atoms with van der Waals surface area (Å²) in [5, 5.41) is 8.82. The van der Waals surface area contributed by atoms with Crippen molar-refractivity contribution in [3.63, 3.8) is 0 Å². The molecule has 0 radical (unpaired) electrons. The largest absolute Gasteiger partial charge is 0.459 e. The van der Waals surface area contributed by atoms with Gasteiger partial charge in [-0.15, -0.1) is 0 Å². The fourth-order valence-electron chi connectivity index (χ4n) is 1.78. The minimum absolute atomic E-state index is 0.00727. The molecule has 1 N–H and O–H groups in total. The van der Waals surface area contributed by atoms with E-state index in [0.717, 1.165) is 6.42 Å². The lowest BCUT2D eigenvalue weighted by molar-refractivity contribution is -0.145. The molecule has 60 valence electrons. The fraction of sp³-hybridized carbons (Fsp3) is 0.625. The van der Waals surface area contributed by atoms with E-state index in [9.17, 15) is 4.79 Å². The third kappa shape index (κ3) is 0.878. The average Bonchev–Trinajstić information content (AvgIpc) is 2.54. The first-order chi connectivity index (χ1) is 5.33. The molecule has 1 heterocycles. The van der Waals surface area contributed by atoms with Crippen LogP contribution in [0.4, 0.5) is 0 Å². The molecule has 2 aliphatic rings. The highest BCUT2D eigenvalue weighted by atomic mass is 16.6. The second-order valence-corrected chi connectivity index (χ2v) is 3.01. The van der Waals surface area contributed by atoms with Crippen LogP contribution in [0.25, 0.3) is 0 Å². The zero-order chi connectivity index (χ0) is 7.84. The number of rotatable bonds is 1. The van der Waals surface area contributed by atoms with E-state index in [2.05, 4.69) is 0 Å². The molecule has 0 aromatic carbocycles. The lowest BCUT2D eigenvalue weighted by Gasteiger charge is -2.09. The van der Waals surface area contributed by atoms with Crippen LogP contribution in [0.2, 0.25) is 0 Å². The number of carbonyl (C=O) groups is 1. The van der Waals surface area contributed by atoms with Crippen molar-refractivity contribution >= 4 is 5.97 Å². The highest BCUT2D eigenvalue weighted by molar-refractivity contribution is 5.76. The minimum Gasteiger partial charge on any atom is -0.459 e. The van der Waals surface area contributed by atoms with E-state index < -0.39 is 0 Å². The number of hydrogen-bond acceptors (Lipinski definition) is 3. The SMILES string of the molecule is O=C1OC(CO)C2C=CCC12. The Hall–Kier alpha value is -0.830. The minimum atomic E-state index is -0.286. The van der Waals surface area contributed by atoms with Gasteiger partial charge in [0.25, 0.3) is 0 Å². The van der Waals surface area contributed by atoms with Crippen LogP contribution in [0.1, 0.15) is 6.42 Å². The normalized spacial score (nSPS) is 40.8. The van der Waals surface area contributed by atoms with E-state index in [0.29, 0.717) is 0 Å². The third-order valence-corrected chi connectivity index (χ3v) is 2.39. The van der Waals surface area contributed by atoms with Crippen LogP contribution in [0.15, 0.2) is 12.2 Å². The Morgan fingerprint density at radius 1 is 1.73 bits per heavy atom. The maximum atomic E-state index is 11.1. The highest BCUT2D eigenvalue weighted by Crippen LogP contribution is 2.36. The molecule has 3 nitrogen and oxygen atoms in total. The Kier molecular flexibility index (Phi) is 1.46. The molecule has 1 aliphatic heterocycles. The van der Waals surface area contributed by atoms with Crippen LogP contribution >= 0.6 is 0 Å². The van der Waals surface area contributed by atoms with Gasteiger partial charge in [-0.3, -0.25) is 4.79 Å². The molecular formula is C8H10O3. The van der Waals surface area contributed by atoms with Crippen LogP contribution in [-0.4, -0.2) is 23.8 Å². The van der Waals surface area contributed by atoms with E-state index in [4.69, 9.17) is 9.84 Å². The summed E-state index contributed by atoms with van der Waals surface area (Å²) >= 11 is 0. The van der Waals surface area contributed by atoms with E-state index in [1.165, 1.54) is 0 Å². The maximum Gasteiger partial charge on any atom is 0.310 e. The van der Waals surface area contributed by atoms with Crippen LogP contribution in [-0.2, 0) is 9.53 Å². The molecule has 1 saturated heterocycles. The van der Waals surface area contributed by atoms with Gasteiger partial charge >= 0.3 is 5.97 Å². The summed E-state index contributed by atoms with van der Waals surface area (Å²) in [5.74, 6) is -0.0290. The molecule has 0 aromatic rings. The molecule has 0 aromatic heterocycles. The lowest BCUT2D eigenvalue weighted by atomic mass is 9.94. The Morgan fingerprint density at radius 3 is 3.27 bits per heavy atom. The molecule has 0 amide bonds. The quantitative estimate of drug-likeness (QED) is 0.430. The molecule has 1 aliphatic carbocycles. The first kappa shape index (κ1) is 6.85. The predicted molar refractivity (Wildman–Crippen MR) is 37.7 cm³/mol. The standard InChI is InChI=1S/C8H10O3/c9-4-7-5-2-1-3-6(5)8(10)11-7/h1-2,5-7,9H,3-4H2. The van der Waals surface area contributed by atoms with Gasteiger partial charge in [0.1, 0.15) is 6.10 Å². The summed E-state index contributed by atoms with van der Waals surface area (Å²) in [6.07, 6.45) is 4.45. The molecule has 1 fully saturated rings. The summed E-state index contributed by atoms with van der Waals surface area (Å²) in [5.41, 5.74) is 0. The number of allylic oxidation sites excluding steroid dienone is 1. The summed E-state index contributed by atoms with van der Waals surface area (Å²) in [6.45, 7) is -0.0583. The lowest BCUT2D eigenvalue weighted by Crippen LogP contribution is -2.19.